The highest BCUT2D eigenvalue weighted by Gasteiger charge is 2.20. The molecule has 0 aromatic carbocycles. The summed E-state index contributed by atoms with van der Waals surface area (Å²) in [6, 6.07) is 0.609. The van der Waals surface area contributed by atoms with Gasteiger partial charge in [0.05, 0.1) is 10.7 Å². The van der Waals surface area contributed by atoms with E-state index in [-0.39, 0.29) is 0 Å². The highest BCUT2D eigenvalue weighted by molar-refractivity contribution is 7.09. The van der Waals surface area contributed by atoms with E-state index in [4.69, 9.17) is 4.98 Å². The van der Waals surface area contributed by atoms with Crippen molar-refractivity contribution in [1.82, 2.24) is 15.2 Å². The smallest absolute Gasteiger partial charge is 0.0954 e. The molecule has 3 nitrogen and oxygen atoms in total. The van der Waals surface area contributed by atoms with Gasteiger partial charge in [-0.1, -0.05) is 27.7 Å². The van der Waals surface area contributed by atoms with E-state index < -0.39 is 0 Å². The number of thiazole rings is 1. The van der Waals surface area contributed by atoms with Gasteiger partial charge in [0.15, 0.2) is 0 Å². The first kappa shape index (κ1) is 15.9. The molecule has 0 radical (unpaired) electrons. The van der Waals surface area contributed by atoms with Crippen LogP contribution in [0.5, 0.6) is 0 Å². The van der Waals surface area contributed by atoms with Crippen molar-refractivity contribution in [3.05, 3.63) is 16.1 Å². The van der Waals surface area contributed by atoms with Crippen molar-refractivity contribution in [2.45, 2.75) is 59.0 Å². The fourth-order valence-electron chi connectivity index (χ4n) is 2.64. The normalized spacial score (nSPS) is 18.3. The van der Waals surface area contributed by atoms with Crippen LogP contribution in [0.4, 0.5) is 0 Å². The molecular formula is C16H29N3S. The second-order valence-corrected chi connectivity index (χ2v) is 7.50. The Kier molecular flexibility index (Phi) is 6.00. The predicted molar refractivity (Wildman–Crippen MR) is 87.3 cm³/mol. The van der Waals surface area contributed by atoms with Crippen molar-refractivity contribution >= 4 is 11.3 Å². The van der Waals surface area contributed by atoms with Gasteiger partial charge in [-0.15, -0.1) is 11.3 Å². The van der Waals surface area contributed by atoms with Crippen LogP contribution in [0.3, 0.4) is 0 Å². The van der Waals surface area contributed by atoms with Gasteiger partial charge in [-0.2, -0.15) is 0 Å². The molecule has 0 aliphatic carbocycles. The van der Waals surface area contributed by atoms with Gasteiger partial charge >= 0.3 is 0 Å². The highest BCUT2D eigenvalue weighted by atomic mass is 32.1. The van der Waals surface area contributed by atoms with E-state index in [1.807, 2.05) is 11.3 Å². The Labute approximate surface area is 127 Å². The van der Waals surface area contributed by atoms with Gasteiger partial charge in [-0.25, -0.2) is 4.98 Å². The van der Waals surface area contributed by atoms with E-state index in [0.717, 1.165) is 12.5 Å². The maximum absolute atomic E-state index is 4.75. The van der Waals surface area contributed by atoms with E-state index in [9.17, 15) is 0 Å². The molecule has 20 heavy (non-hydrogen) atoms. The first-order chi connectivity index (χ1) is 9.54. The van der Waals surface area contributed by atoms with E-state index >= 15 is 0 Å². The van der Waals surface area contributed by atoms with Crippen molar-refractivity contribution in [1.29, 1.82) is 0 Å². The number of hydrogen-bond acceptors (Lipinski definition) is 4. The topological polar surface area (TPSA) is 28.2 Å². The van der Waals surface area contributed by atoms with E-state index in [1.54, 1.807) is 0 Å². The van der Waals surface area contributed by atoms with Crippen LogP contribution in [0.25, 0.3) is 0 Å². The van der Waals surface area contributed by atoms with Crippen molar-refractivity contribution in [2.24, 2.45) is 5.92 Å². The minimum atomic E-state index is 0.557. The molecule has 1 saturated heterocycles. The van der Waals surface area contributed by atoms with Gasteiger partial charge in [-0.05, 0) is 38.4 Å². The molecule has 0 atom stereocenters. The van der Waals surface area contributed by atoms with Crippen LogP contribution in [-0.2, 0) is 6.54 Å². The van der Waals surface area contributed by atoms with Crippen molar-refractivity contribution < 1.29 is 0 Å². The third-order valence-electron chi connectivity index (χ3n) is 3.97. The zero-order valence-corrected chi connectivity index (χ0v) is 14.2. The Morgan fingerprint density at radius 2 is 2.00 bits per heavy atom. The van der Waals surface area contributed by atoms with Gasteiger partial charge in [-0.3, -0.25) is 4.90 Å². The van der Waals surface area contributed by atoms with Crippen molar-refractivity contribution in [2.75, 3.05) is 19.6 Å². The highest BCUT2D eigenvalue weighted by Crippen LogP contribution is 2.22. The standard InChI is InChI=1S/C16H29N3S/c1-12(2)16-18-15(11-20-16)10-19-7-5-14(6-8-19)9-17-13(3)4/h11-14,17H,5-10H2,1-4H3. The molecule has 1 fully saturated rings. The number of rotatable bonds is 6. The lowest BCUT2D eigenvalue weighted by molar-refractivity contribution is 0.172. The van der Waals surface area contributed by atoms with Crippen LogP contribution in [0.15, 0.2) is 5.38 Å². The summed E-state index contributed by atoms with van der Waals surface area (Å²) in [5, 5.41) is 7.08. The van der Waals surface area contributed by atoms with E-state index in [1.165, 1.54) is 43.2 Å². The Hall–Kier alpha value is -0.450. The van der Waals surface area contributed by atoms with E-state index in [2.05, 4.69) is 43.3 Å². The lowest BCUT2D eigenvalue weighted by Crippen LogP contribution is -2.38. The molecular weight excluding hydrogens is 266 g/mol. The molecule has 0 amide bonds. The molecule has 0 bridgehead atoms. The zero-order valence-electron chi connectivity index (χ0n) is 13.4. The summed E-state index contributed by atoms with van der Waals surface area (Å²) < 4.78 is 0. The van der Waals surface area contributed by atoms with Crippen molar-refractivity contribution in [3.8, 4) is 0 Å². The third kappa shape index (κ3) is 4.83. The zero-order chi connectivity index (χ0) is 14.5. The van der Waals surface area contributed by atoms with Crippen LogP contribution in [-0.4, -0.2) is 35.6 Å². The van der Waals surface area contributed by atoms with Crippen LogP contribution in [0, 0.1) is 5.92 Å². The average Bonchev–Trinajstić information content (AvgIpc) is 2.86. The van der Waals surface area contributed by atoms with Gasteiger partial charge < -0.3 is 5.32 Å². The molecule has 1 aromatic rings. The fourth-order valence-corrected chi connectivity index (χ4v) is 3.47. The Balaban J connectivity index is 1.73. The molecule has 0 saturated carbocycles. The molecule has 114 valence electrons. The second kappa shape index (κ2) is 7.53. The predicted octanol–water partition coefficient (Wildman–Crippen LogP) is 3.48. The number of nitrogens with one attached hydrogen (secondary N) is 1. The SMILES string of the molecule is CC(C)NCC1CCN(Cc2csc(C(C)C)n2)CC1. The summed E-state index contributed by atoms with van der Waals surface area (Å²) in [5.41, 5.74) is 1.26. The van der Waals surface area contributed by atoms with Crippen LogP contribution < -0.4 is 5.32 Å². The minimum Gasteiger partial charge on any atom is -0.314 e. The number of aromatic nitrogens is 1. The van der Waals surface area contributed by atoms with Gasteiger partial charge in [0.1, 0.15) is 0 Å². The second-order valence-electron chi connectivity index (χ2n) is 6.61. The Bertz CT molecular complexity index is 392. The summed E-state index contributed by atoms with van der Waals surface area (Å²) in [4.78, 5) is 7.31. The molecule has 2 rings (SSSR count). The van der Waals surface area contributed by atoms with Crippen LogP contribution in [0.2, 0.25) is 0 Å². The molecule has 0 spiro atoms. The van der Waals surface area contributed by atoms with Gasteiger partial charge in [0.25, 0.3) is 0 Å². The minimum absolute atomic E-state index is 0.557. The van der Waals surface area contributed by atoms with E-state index in [0.29, 0.717) is 12.0 Å². The summed E-state index contributed by atoms with van der Waals surface area (Å²) in [7, 11) is 0. The van der Waals surface area contributed by atoms with Crippen molar-refractivity contribution in [3.63, 3.8) is 0 Å². The number of hydrogen-bond donors (Lipinski definition) is 1. The fraction of sp³-hybridized carbons (Fsp3) is 0.812. The summed E-state index contributed by atoms with van der Waals surface area (Å²) in [6.07, 6.45) is 2.64. The third-order valence-corrected chi connectivity index (χ3v) is 5.17. The summed E-state index contributed by atoms with van der Waals surface area (Å²) in [5.74, 6) is 1.41. The quantitative estimate of drug-likeness (QED) is 0.871. The largest absolute Gasteiger partial charge is 0.314 e. The number of likely N-dealkylation sites (tertiary alicyclic amines) is 1. The Morgan fingerprint density at radius 1 is 1.30 bits per heavy atom. The monoisotopic (exact) mass is 295 g/mol. The first-order valence-electron chi connectivity index (χ1n) is 7.94. The van der Waals surface area contributed by atoms with Crippen LogP contribution >= 0.6 is 11.3 Å². The summed E-state index contributed by atoms with van der Waals surface area (Å²) >= 11 is 1.81. The van der Waals surface area contributed by atoms with Crippen LogP contribution in [0.1, 0.15) is 57.2 Å². The van der Waals surface area contributed by atoms with Gasteiger partial charge in [0.2, 0.25) is 0 Å². The lowest BCUT2D eigenvalue weighted by atomic mass is 9.96. The molecule has 4 heteroatoms. The molecule has 1 aliphatic rings. The number of nitrogens with zero attached hydrogens (tertiary/aromatic N) is 2. The molecule has 2 heterocycles. The molecule has 1 aliphatic heterocycles. The molecule has 0 unspecified atom stereocenters. The molecule has 1 N–H and O–H groups in total. The maximum atomic E-state index is 4.75. The maximum Gasteiger partial charge on any atom is 0.0954 e. The first-order valence-corrected chi connectivity index (χ1v) is 8.82. The van der Waals surface area contributed by atoms with Gasteiger partial charge in [0, 0.05) is 23.9 Å². The Morgan fingerprint density at radius 3 is 2.55 bits per heavy atom. The number of piperidine rings is 1. The lowest BCUT2D eigenvalue weighted by Gasteiger charge is -2.32. The summed E-state index contributed by atoms with van der Waals surface area (Å²) in [6.45, 7) is 13.5. The molecule has 1 aromatic heterocycles. The average molecular weight is 295 g/mol.